The number of methoxy groups -OCH3 is 2. The zero-order valence-corrected chi connectivity index (χ0v) is 11.0. The SMILES string of the molecule is COc1ccc(OC)c(NC(=O)c2occc2C)c1. The van der Waals surface area contributed by atoms with Crippen LogP contribution in [0.4, 0.5) is 5.69 Å². The monoisotopic (exact) mass is 261 g/mol. The zero-order valence-electron chi connectivity index (χ0n) is 11.0. The molecule has 0 aliphatic rings. The third-order valence-corrected chi connectivity index (χ3v) is 2.72. The molecule has 0 saturated carbocycles. The topological polar surface area (TPSA) is 60.7 Å². The van der Waals surface area contributed by atoms with E-state index in [0.717, 1.165) is 5.56 Å². The molecule has 1 heterocycles. The van der Waals surface area contributed by atoms with Crippen molar-refractivity contribution in [2.24, 2.45) is 0 Å². The predicted octanol–water partition coefficient (Wildman–Crippen LogP) is 2.86. The number of nitrogens with one attached hydrogen (secondary N) is 1. The number of anilines is 1. The maximum atomic E-state index is 12.1. The molecule has 0 radical (unpaired) electrons. The molecular weight excluding hydrogens is 246 g/mol. The Balaban J connectivity index is 2.27. The molecule has 0 fully saturated rings. The Hall–Kier alpha value is -2.43. The lowest BCUT2D eigenvalue weighted by Gasteiger charge is -2.11. The van der Waals surface area contributed by atoms with E-state index >= 15 is 0 Å². The summed E-state index contributed by atoms with van der Waals surface area (Å²) in [6.07, 6.45) is 1.48. The smallest absolute Gasteiger partial charge is 0.291 e. The van der Waals surface area contributed by atoms with E-state index in [1.807, 2.05) is 0 Å². The molecule has 0 bridgehead atoms. The molecule has 1 aromatic heterocycles. The maximum absolute atomic E-state index is 12.1. The highest BCUT2D eigenvalue weighted by Gasteiger charge is 2.15. The fourth-order valence-electron chi connectivity index (χ4n) is 1.70. The van der Waals surface area contributed by atoms with Gasteiger partial charge in [-0.1, -0.05) is 0 Å². The van der Waals surface area contributed by atoms with E-state index in [2.05, 4.69) is 5.32 Å². The third-order valence-electron chi connectivity index (χ3n) is 2.72. The Labute approximate surface area is 111 Å². The molecule has 2 rings (SSSR count). The molecule has 1 aromatic carbocycles. The average molecular weight is 261 g/mol. The van der Waals surface area contributed by atoms with Crippen LogP contribution in [0.5, 0.6) is 11.5 Å². The van der Waals surface area contributed by atoms with Crippen LogP contribution in [0, 0.1) is 6.92 Å². The van der Waals surface area contributed by atoms with Gasteiger partial charge in [-0.05, 0) is 25.1 Å². The van der Waals surface area contributed by atoms with Crippen LogP contribution in [0.2, 0.25) is 0 Å². The van der Waals surface area contributed by atoms with Crippen molar-refractivity contribution in [2.75, 3.05) is 19.5 Å². The number of carbonyl (C=O) groups is 1. The Morgan fingerprint density at radius 2 is 2.00 bits per heavy atom. The van der Waals surface area contributed by atoms with Crippen molar-refractivity contribution in [1.82, 2.24) is 0 Å². The van der Waals surface area contributed by atoms with Crippen LogP contribution >= 0.6 is 0 Å². The first kappa shape index (κ1) is 13.0. The third kappa shape index (κ3) is 2.70. The Kier molecular flexibility index (Phi) is 3.75. The molecular formula is C14H15NO4. The number of benzene rings is 1. The number of ether oxygens (including phenoxy) is 2. The van der Waals surface area contributed by atoms with Crippen molar-refractivity contribution < 1.29 is 18.7 Å². The fraction of sp³-hybridized carbons (Fsp3) is 0.214. The van der Waals surface area contributed by atoms with Crippen LogP contribution in [0.3, 0.4) is 0 Å². The highest BCUT2D eigenvalue weighted by molar-refractivity contribution is 6.04. The summed E-state index contributed by atoms with van der Waals surface area (Å²) >= 11 is 0. The normalized spacial score (nSPS) is 10.1. The number of furan rings is 1. The first-order chi connectivity index (χ1) is 9.15. The number of hydrogen-bond donors (Lipinski definition) is 1. The van der Waals surface area contributed by atoms with Gasteiger partial charge in [0.25, 0.3) is 5.91 Å². The largest absolute Gasteiger partial charge is 0.497 e. The summed E-state index contributed by atoms with van der Waals surface area (Å²) in [5, 5.41) is 2.74. The van der Waals surface area contributed by atoms with Crippen molar-refractivity contribution >= 4 is 11.6 Å². The van der Waals surface area contributed by atoms with E-state index in [0.29, 0.717) is 17.2 Å². The van der Waals surface area contributed by atoms with E-state index in [-0.39, 0.29) is 11.7 Å². The van der Waals surface area contributed by atoms with E-state index in [4.69, 9.17) is 13.9 Å². The molecule has 0 unspecified atom stereocenters. The van der Waals surface area contributed by atoms with Crippen molar-refractivity contribution in [2.45, 2.75) is 6.92 Å². The van der Waals surface area contributed by atoms with E-state index in [9.17, 15) is 4.79 Å². The van der Waals surface area contributed by atoms with Crippen LogP contribution in [0.15, 0.2) is 34.9 Å². The van der Waals surface area contributed by atoms with Gasteiger partial charge in [0, 0.05) is 11.6 Å². The summed E-state index contributed by atoms with van der Waals surface area (Å²) in [5.74, 6) is 1.14. The van der Waals surface area contributed by atoms with Crippen molar-refractivity contribution in [3.05, 3.63) is 41.9 Å². The fourth-order valence-corrected chi connectivity index (χ4v) is 1.70. The quantitative estimate of drug-likeness (QED) is 0.919. The van der Waals surface area contributed by atoms with E-state index in [1.54, 1.807) is 38.3 Å². The van der Waals surface area contributed by atoms with Gasteiger partial charge >= 0.3 is 0 Å². The number of amides is 1. The Morgan fingerprint density at radius 1 is 1.21 bits per heavy atom. The molecule has 5 heteroatoms. The summed E-state index contributed by atoms with van der Waals surface area (Å²) in [5.41, 5.74) is 1.31. The molecule has 5 nitrogen and oxygen atoms in total. The van der Waals surface area contributed by atoms with Gasteiger partial charge in [0.2, 0.25) is 0 Å². The van der Waals surface area contributed by atoms with Gasteiger partial charge < -0.3 is 19.2 Å². The average Bonchev–Trinajstić information content (AvgIpc) is 2.85. The number of rotatable bonds is 4. The molecule has 100 valence electrons. The number of carbonyl (C=O) groups excluding carboxylic acids is 1. The van der Waals surface area contributed by atoms with Gasteiger partial charge in [0.15, 0.2) is 5.76 Å². The summed E-state index contributed by atoms with van der Waals surface area (Å²) in [6, 6.07) is 6.91. The lowest BCUT2D eigenvalue weighted by molar-refractivity contribution is 0.0995. The van der Waals surface area contributed by atoms with Crippen LogP contribution in [-0.4, -0.2) is 20.1 Å². The minimum atomic E-state index is -0.325. The first-order valence-corrected chi connectivity index (χ1v) is 5.73. The molecule has 0 saturated heterocycles. The summed E-state index contributed by atoms with van der Waals surface area (Å²) in [4.78, 5) is 12.1. The number of hydrogen-bond acceptors (Lipinski definition) is 4. The van der Waals surface area contributed by atoms with Gasteiger partial charge in [0.1, 0.15) is 11.5 Å². The predicted molar refractivity (Wildman–Crippen MR) is 70.9 cm³/mol. The van der Waals surface area contributed by atoms with Gasteiger partial charge in [-0.2, -0.15) is 0 Å². The molecule has 19 heavy (non-hydrogen) atoms. The summed E-state index contributed by atoms with van der Waals surface area (Å²) in [7, 11) is 3.10. The van der Waals surface area contributed by atoms with Crippen molar-refractivity contribution in [3.63, 3.8) is 0 Å². The number of aryl methyl sites for hydroxylation is 1. The van der Waals surface area contributed by atoms with E-state index in [1.165, 1.54) is 13.4 Å². The summed E-state index contributed by atoms with van der Waals surface area (Å²) in [6.45, 7) is 1.81. The van der Waals surface area contributed by atoms with Gasteiger partial charge in [0.05, 0.1) is 26.2 Å². The van der Waals surface area contributed by atoms with Gasteiger partial charge in [-0.3, -0.25) is 4.79 Å². The highest BCUT2D eigenvalue weighted by Crippen LogP contribution is 2.29. The van der Waals surface area contributed by atoms with Crippen LogP contribution < -0.4 is 14.8 Å². The molecule has 0 aliphatic heterocycles. The van der Waals surface area contributed by atoms with Crippen LogP contribution in [-0.2, 0) is 0 Å². The standard InChI is InChI=1S/C14H15NO4/c1-9-6-7-19-13(9)14(16)15-11-8-10(17-2)4-5-12(11)18-3/h4-8H,1-3H3,(H,15,16). The van der Waals surface area contributed by atoms with Crippen molar-refractivity contribution in [3.8, 4) is 11.5 Å². The highest BCUT2D eigenvalue weighted by atomic mass is 16.5. The zero-order chi connectivity index (χ0) is 13.8. The Bertz CT molecular complexity index is 589. The molecule has 1 amide bonds. The minimum Gasteiger partial charge on any atom is -0.497 e. The minimum absolute atomic E-state index is 0.282. The van der Waals surface area contributed by atoms with Gasteiger partial charge in [-0.25, -0.2) is 0 Å². The molecule has 0 aliphatic carbocycles. The lowest BCUT2D eigenvalue weighted by Crippen LogP contribution is -2.13. The molecule has 0 spiro atoms. The molecule has 2 aromatic rings. The van der Waals surface area contributed by atoms with E-state index < -0.39 is 0 Å². The second kappa shape index (κ2) is 5.48. The Morgan fingerprint density at radius 3 is 2.58 bits per heavy atom. The van der Waals surface area contributed by atoms with Crippen molar-refractivity contribution in [1.29, 1.82) is 0 Å². The second-order valence-electron chi connectivity index (χ2n) is 3.95. The van der Waals surface area contributed by atoms with Crippen LogP contribution in [0.1, 0.15) is 16.1 Å². The van der Waals surface area contributed by atoms with Gasteiger partial charge in [-0.15, -0.1) is 0 Å². The first-order valence-electron chi connectivity index (χ1n) is 5.73. The lowest BCUT2D eigenvalue weighted by atomic mass is 10.2. The molecule has 1 N–H and O–H groups in total. The summed E-state index contributed by atoms with van der Waals surface area (Å²) < 4.78 is 15.5. The molecule has 0 atom stereocenters. The van der Waals surface area contributed by atoms with Crippen LogP contribution in [0.25, 0.3) is 0 Å². The maximum Gasteiger partial charge on any atom is 0.291 e. The second-order valence-corrected chi connectivity index (χ2v) is 3.95.